The van der Waals surface area contributed by atoms with Crippen molar-refractivity contribution in [3.8, 4) is 0 Å². The van der Waals surface area contributed by atoms with Gasteiger partial charge in [0.05, 0.1) is 10.0 Å². The minimum Gasteiger partial charge on any atom is -0.119 e. The highest BCUT2D eigenvalue weighted by Gasteiger charge is 2.04. The standard InChI is InChI=1S/C10H10Cl2S/c1-7(2)6-13-10-8(11)4-3-5-9(10)12/h3-5H,1,6H2,2H3. The van der Waals surface area contributed by atoms with Gasteiger partial charge in [0.1, 0.15) is 0 Å². The summed E-state index contributed by atoms with van der Waals surface area (Å²) in [5.41, 5.74) is 1.11. The van der Waals surface area contributed by atoms with E-state index in [4.69, 9.17) is 23.2 Å². The van der Waals surface area contributed by atoms with Gasteiger partial charge in [-0.3, -0.25) is 0 Å². The molecule has 1 aromatic carbocycles. The van der Waals surface area contributed by atoms with Gasteiger partial charge in [-0.2, -0.15) is 0 Å². The highest BCUT2D eigenvalue weighted by Crippen LogP contribution is 2.34. The Bertz CT molecular complexity index is 300. The maximum Gasteiger partial charge on any atom is 0.0557 e. The number of benzene rings is 1. The van der Waals surface area contributed by atoms with Crippen LogP contribution in [0.25, 0.3) is 0 Å². The van der Waals surface area contributed by atoms with E-state index in [1.165, 1.54) is 0 Å². The molecule has 0 N–H and O–H groups in total. The van der Waals surface area contributed by atoms with Crippen molar-refractivity contribution in [2.75, 3.05) is 5.75 Å². The number of hydrogen-bond acceptors (Lipinski definition) is 1. The fraction of sp³-hybridized carbons (Fsp3) is 0.200. The van der Waals surface area contributed by atoms with Crippen LogP contribution in [0.15, 0.2) is 35.2 Å². The SMILES string of the molecule is C=C(C)CSc1c(Cl)cccc1Cl. The number of halogens is 2. The molecule has 0 saturated heterocycles. The largest absolute Gasteiger partial charge is 0.119 e. The van der Waals surface area contributed by atoms with Crippen LogP contribution in [0, 0.1) is 0 Å². The van der Waals surface area contributed by atoms with Gasteiger partial charge in [0, 0.05) is 10.6 Å². The first-order valence-electron chi connectivity index (χ1n) is 3.82. The Kier molecular flexibility index (Phi) is 4.17. The van der Waals surface area contributed by atoms with Crippen LogP contribution in [0.3, 0.4) is 0 Å². The molecule has 70 valence electrons. The molecule has 0 heterocycles. The van der Waals surface area contributed by atoms with E-state index in [1.54, 1.807) is 11.8 Å². The first-order chi connectivity index (χ1) is 6.11. The predicted octanol–water partition coefficient (Wildman–Crippen LogP) is 4.66. The molecule has 0 aliphatic heterocycles. The second kappa shape index (κ2) is 4.94. The van der Waals surface area contributed by atoms with Gasteiger partial charge < -0.3 is 0 Å². The van der Waals surface area contributed by atoms with Crippen LogP contribution >= 0.6 is 35.0 Å². The fourth-order valence-corrected chi connectivity index (χ4v) is 2.34. The van der Waals surface area contributed by atoms with E-state index >= 15 is 0 Å². The summed E-state index contributed by atoms with van der Waals surface area (Å²) in [6.45, 7) is 5.81. The second-order valence-corrected chi connectivity index (χ2v) is 4.60. The molecule has 0 aliphatic carbocycles. The zero-order valence-corrected chi connectivity index (χ0v) is 9.64. The van der Waals surface area contributed by atoms with Crippen LogP contribution in [0.1, 0.15) is 6.92 Å². The molecule has 0 aliphatic rings. The third kappa shape index (κ3) is 3.26. The topological polar surface area (TPSA) is 0 Å². The molecule has 13 heavy (non-hydrogen) atoms. The summed E-state index contributed by atoms with van der Waals surface area (Å²) in [5.74, 6) is 0.851. The van der Waals surface area contributed by atoms with Gasteiger partial charge in [0.2, 0.25) is 0 Å². The predicted molar refractivity (Wildman–Crippen MR) is 62.0 cm³/mol. The molecule has 0 bridgehead atoms. The molecule has 0 radical (unpaired) electrons. The van der Waals surface area contributed by atoms with E-state index in [0.717, 1.165) is 16.2 Å². The Morgan fingerprint density at radius 1 is 1.38 bits per heavy atom. The van der Waals surface area contributed by atoms with Crippen molar-refractivity contribution in [1.29, 1.82) is 0 Å². The average Bonchev–Trinajstić information content (AvgIpc) is 2.03. The first kappa shape index (κ1) is 11.0. The van der Waals surface area contributed by atoms with E-state index in [9.17, 15) is 0 Å². The minimum absolute atomic E-state index is 0.707. The maximum atomic E-state index is 5.98. The van der Waals surface area contributed by atoms with Crippen molar-refractivity contribution in [3.63, 3.8) is 0 Å². The quantitative estimate of drug-likeness (QED) is 0.540. The van der Waals surface area contributed by atoms with Crippen LogP contribution in [0.2, 0.25) is 10.0 Å². The lowest BCUT2D eigenvalue weighted by atomic mass is 10.4. The van der Waals surface area contributed by atoms with Crippen LogP contribution < -0.4 is 0 Å². The molecule has 0 saturated carbocycles. The molecule has 0 nitrogen and oxygen atoms in total. The monoisotopic (exact) mass is 232 g/mol. The summed E-state index contributed by atoms with van der Waals surface area (Å²) in [6, 6.07) is 5.53. The summed E-state index contributed by atoms with van der Waals surface area (Å²) in [6.07, 6.45) is 0. The van der Waals surface area contributed by atoms with Gasteiger partial charge >= 0.3 is 0 Å². The molecule has 1 rings (SSSR count). The molecule has 3 heteroatoms. The van der Waals surface area contributed by atoms with E-state index < -0.39 is 0 Å². The average molecular weight is 233 g/mol. The Balaban J connectivity index is 2.81. The Hall–Kier alpha value is -0.110. The van der Waals surface area contributed by atoms with Gasteiger partial charge in [-0.15, -0.1) is 11.8 Å². The fourth-order valence-electron chi connectivity index (χ4n) is 0.816. The van der Waals surface area contributed by atoms with Crippen LogP contribution in [0.4, 0.5) is 0 Å². The van der Waals surface area contributed by atoms with Crippen molar-refractivity contribution in [2.45, 2.75) is 11.8 Å². The van der Waals surface area contributed by atoms with Gasteiger partial charge in [-0.1, -0.05) is 41.4 Å². The van der Waals surface area contributed by atoms with Crippen molar-refractivity contribution in [2.24, 2.45) is 0 Å². The van der Waals surface area contributed by atoms with E-state index in [1.807, 2.05) is 25.1 Å². The lowest BCUT2D eigenvalue weighted by Crippen LogP contribution is -1.81. The Morgan fingerprint density at radius 3 is 2.38 bits per heavy atom. The summed E-state index contributed by atoms with van der Waals surface area (Å²) in [7, 11) is 0. The summed E-state index contributed by atoms with van der Waals surface area (Å²) in [5, 5.41) is 1.41. The Morgan fingerprint density at radius 2 is 1.92 bits per heavy atom. The summed E-state index contributed by atoms with van der Waals surface area (Å²) < 4.78 is 0. The normalized spacial score (nSPS) is 10.1. The third-order valence-corrected chi connectivity index (χ3v) is 3.60. The molecular weight excluding hydrogens is 223 g/mol. The lowest BCUT2D eigenvalue weighted by molar-refractivity contribution is 1.40. The molecule has 0 aromatic heterocycles. The van der Waals surface area contributed by atoms with E-state index in [0.29, 0.717) is 10.0 Å². The van der Waals surface area contributed by atoms with Crippen molar-refractivity contribution in [3.05, 3.63) is 40.4 Å². The van der Waals surface area contributed by atoms with Crippen LogP contribution in [-0.4, -0.2) is 5.75 Å². The molecule has 0 atom stereocenters. The van der Waals surface area contributed by atoms with Crippen molar-refractivity contribution in [1.82, 2.24) is 0 Å². The molecule has 0 amide bonds. The van der Waals surface area contributed by atoms with Crippen LogP contribution in [-0.2, 0) is 0 Å². The number of rotatable bonds is 3. The molecular formula is C10H10Cl2S. The second-order valence-electron chi connectivity index (χ2n) is 2.80. The van der Waals surface area contributed by atoms with Gasteiger partial charge in [0.15, 0.2) is 0 Å². The zero-order valence-electron chi connectivity index (χ0n) is 7.31. The zero-order chi connectivity index (χ0) is 9.84. The van der Waals surface area contributed by atoms with Crippen molar-refractivity contribution >= 4 is 35.0 Å². The Labute approximate surface area is 92.9 Å². The van der Waals surface area contributed by atoms with Crippen LogP contribution in [0.5, 0.6) is 0 Å². The van der Waals surface area contributed by atoms with Gasteiger partial charge in [-0.05, 0) is 19.1 Å². The lowest BCUT2D eigenvalue weighted by Gasteiger charge is -2.05. The molecule has 1 aromatic rings. The smallest absolute Gasteiger partial charge is 0.0557 e. The van der Waals surface area contributed by atoms with E-state index in [2.05, 4.69) is 6.58 Å². The molecule has 0 fully saturated rings. The maximum absolute atomic E-state index is 5.98. The summed E-state index contributed by atoms with van der Waals surface area (Å²) >= 11 is 13.6. The highest BCUT2D eigenvalue weighted by molar-refractivity contribution is 7.99. The van der Waals surface area contributed by atoms with Crippen molar-refractivity contribution < 1.29 is 0 Å². The first-order valence-corrected chi connectivity index (χ1v) is 5.56. The number of thioether (sulfide) groups is 1. The third-order valence-electron chi connectivity index (χ3n) is 1.38. The van der Waals surface area contributed by atoms with E-state index in [-0.39, 0.29) is 0 Å². The molecule has 0 spiro atoms. The molecule has 0 unspecified atom stereocenters. The summed E-state index contributed by atoms with van der Waals surface area (Å²) in [4.78, 5) is 0.939. The number of hydrogen-bond donors (Lipinski definition) is 0. The highest BCUT2D eigenvalue weighted by atomic mass is 35.5. The van der Waals surface area contributed by atoms with Gasteiger partial charge in [-0.25, -0.2) is 0 Å². The van der Waals surface area contributed by atoms with Gasteiger partial charge in [0.25, 0.3) is 0 Å². The minimum atomic E-state index is 0.707.